The quantitative estimate of drug-likeness (QED) is 0.579. The Morgan fingerprint density at radius 3 is 2.65 bits per heavy atom. The van der Waals surface area contributed by atoms with Gasteiger partial charge in [-0.25, -0.2) is 5.43 Å². The Kier molecular flexibility index (Phi) is 6.08. The van der Waals surface area contributed by atoms with Gasteiger partial charge in [-0.2, -0.15) is 22.5 Å². The third-order valence-corrected chi connectivity index (χ3v) is 4.01. The van der Waals surface area contributed by atoms with Gasteiger partial charge in [0.15, 0.2) is 0 Å². The topological polar surface area (TPSA) is 90.9 Å². The molecule has 0 aromatic heterocycles. The second kappa shape index (κ2) is 7.34. The third-order valence-electron chi connectivity index (χ3n) is 2.19. The summed E-state index contributed by atoms with van der Waals surface area (Å²) in [6.07, 6.45) is 1.38. The van der Waals surface area contributed by atoms with Crippen LogP contribution in [0.1, 0.15) is 5.56 Å². The second-order valence-corrected chi connectivity index (χ2v) is 6.30. The number of nitrogens with one attached hydrogen (secondary N) is 2. The summed E-state index contributed by atoms with van der Waals surface area (Å²) in [6.45, 7) is -0.402. The summed E-state index contributed by atoms with van der Waals surface area (Å²) in [5.74, 6) is -0.585. The van der Waals surface area contributed by atoms with E-state index in [2.05, 4.69) is 15.2 Å². The molecule has 1 aromatic carbocycles. The van der Waals surface area contributed by atoms with Crippen molar-refractivity contribution in [2.75, 3.05) is 20.6 Å². The molecule has 0 aliphatic carbocycles. The van der Waals surface area contributed by atoms with E-state index in [1.807, 2.05) is 0 Å². The molecule has 1 amide bonds. The van der Waals surface area contributed by atoms with E-state index in [1.54, 1.807) is 24.3 Å². The highest BCUT2D eigenvalue weighted by Crippen LogP contribution is 2.11. The summed E-state index contributed by atoms with van der Waals surface area (Å²) < 4.78 is 25.8. The lowest BCUT2D eigenvalue weighted by atomic mass is 10.2. The average Bonchev–Trinajstić information content (AvgIpc) is 2.38. The van der Waals surface area contributed by atoms with E-state index in [4.69, 9.17) is 11.6 Å². The maximum absolute atomic E-state index is 11.4. The molecule has 0 atom stereocenters. The number of carbonyl (C=O) groups excluding carboxylic acids is 1. The average molecular weight is 319 g/mol. The smallest absolute Gasteiger partial charge is 0.272 e. The number of hydrogen-bond donors (Lipinski definition) is 2. The first-order valence-electron chi connectivity index (χ1n) is 5.56. The molecule has 20 heavy (non-hydrogen) atoms. The van der Waals surface area contributed by atoms with E-state index in [-0.39, 0.29) is 0 Å². The van der Waals surface area contributed by atoms with Crippen molar-refractivity contribution in [3.05, 3.63) is 34.9 Å². The molecule has 0 heterocycles. The van der Waals surface area contributed by atoms with Crippen LogP contribution in [0.25, 0.3) is 0 Å². The highest BCUT2D eigenvalue weighted by atomic mass is 35.5. The first-order valence-corrected chi connectivity index (χ1v) is 7.38. The fourth-order valence-corrected chi connectivity index (χ4v) is 1.84. The lowest BCUT2D eigenvalue weighted by Crippen LogP contribution is -2.41. The van der Waals surface area contributed by atoms with E-state index in [1.165, 1.54) is 20.3 Å². The number of hydrogen-bond acceptors (Lipinski definition) is 4. The molecule has 0 unspecified atom stereocenters. The van der Waals surface area contributed by atoms with Crippen molar-refractivity contribution < 1.29 is 13.2 Å². The molecule has 0 saturated carbocycles. The molecule has 0 aliphatic rings. The number of nitrogens with zero attached hydrogens (tertiary/aromatic N) is 2. The molecular formula is C11H15ClN4O3S. The van der Waals surface area contributed by atoms with Crippen molar-refractivity contribution in [3.8, 4) is 0 Å². The van der Waals surface area contributed by atoms with E-state index >= 15 is 0 Å². The van der Waals surface area contributed by atoms with Gasteiger partial charge in [-0.05, 0) is 6.07 Å². The molecule has 1 aromatic rings. The van der Waals surface area contributed by atoms with Gasteiger partial charge in [0, 0.05) is 24.7 Å². The van der Waals surface area contributed by atoms with E-state index in [0.29, 0.717) is 10.6 Å². The lowest BCUT2D eigenvalue weighted by Gasteiger charge is -2.11. The van der Waals surface area contributed by atoms with Gasteiger partial charge < -0.3 is 0 Å². The van der Waals surface area contributed by atoms with Crippen molar-refractivity contribution in [2.45, 2.75) is 0 Å². The van der Waals surface area contributed by atoms with Crippen molar-refractivity contribution in [1.82, 2.24) is 14.5 Å². The molecule has 2 N–H and O–H groups in total. The minimum absolute atomic E-state index is 0.402. The van der Waals surface area contributed by atoms with Crippen molar-refractivity contribution in [1.29, 1.82) is 0 Å². The van der Waals surface area contributed by atoms with Gasteiger partial charge in [0.1, 0.15) is 0 Å². The maximum atomic E-state index is 11.4. The molecule has 110 valence electrons. The molecule has 1 rings (SSSR count). The fraction of sp³-hybridized carbons (Fsp3) is 0.273. The summed E-state index contributed by atoms with van der Waals surface area (Å²) >= 11 is 5.89. The normalized spacial score (nSPS) is 12.0. The van der Waals surface area contributed by atoms with Crippen LogP contribution in [0, 0.1) is 0 Å². The van der Waals surface area contributed by atoms with Crippen molar-refractivity contribution >= 4 is 33.9 Å². The first-order chi connectivity index (χ1) is 9.33. The second-order valence-electron chi connectivity index (χ2n) is 3.92. The number of carbonyl (C=O) groups is 1. The minimum Gasteiger partial charge on any atom is -0.272 e. The first kappa shape index (κ1) is 16.6. The van der Waals surface area contributed by atoms with Crippen molar-refractivity contribution in [2.24, 2.45) is 5.10 Å². The Bertz CT molecular complexity index is 601. The number of rotatable bonds is 6. The zero-order chi connectivity index (χ0) is 15.2. The zero-order valence-electron chi connectivity index (χ0n) is 11.0. The van der Waals surface area contributed by atoms with Crippen LogP contribution < -0.4 is 10.1 Å². The SMILES string of the molecule is CN(C)S(=O)(=O)NCC(=O)N/N=C/c1ccccc1Cl. The van der Waals surface area contributed by atoms with Crippen LogP contribution in [-0.4, -0.2) is 45.5 Å². The van der Waals surface area contributed by atoms with Crippen LogP contribution in [0.4, 0.5) is 0 Å². The fourth-order valence-electron chi connectivity index (χ4n) is 1.08. The van der Waals surface area contributed by atoms with Crippen LogP contribution in [0.2, 0.25) is 5.02 Å². The van der Waals surface area contributed by atoms with Gasteiger partial charge in [0.25, 0.3) is 16.1 Å². The number of halogens is 1. The molecule has 0 bridgehead atoms. The largest absolute Gasteiger partial charge is 0.279 e. The Morgan fingerprint density at radius 2 is 2.05 bits per heavy atom. The van der Waals surface area contributed by atoms with Gasteiger partial charge in [0.2, 0.25) is 0 Å². The number of amides is 1. The van der Waals surface area contributed by atoms with Crippen LogP contribution in [0.5, 0.6) is 0 Å². The standard InChI is InChI=1S/C11H15ClN4O3S/c1-16(2)20(18,19)14-8-11(17)15-13-7-9-5-3-4-6-10(9)12/h3-7,14H,8H2,1-2H3,(H,15,17)/b13-7+. The molecule has 0 saturated heterocycles. The predicted octanol–water partition coefficient (Wildman–Crippen LogP) is 0.186. The predicted molar refractivity (Wildman–Crippen MR) is 77.8 cm³/mol. The summed E-state index contributed by atoms with van der Waals surface area (Å²) in [5.41, 5.74) is 2.84. The summed E-state index contributed by atoms with van der Waals surface area (Å²) in [4.78, 5) is 11.4. The summed E-state index contributed by atoms with van der Waals surface area (Å²) in [7, 11) is -0.914. The van der Waals surface area contributed by atoms with E-state index in [9.17, 15) is 13.2 Å². The van der Waals surface area contributed by atoms with Crippen LogP contribution in [0.3, 0.4) is 0 Å². The third kappa shape index (κ3) is 5.25. The van der Waals surface area contributed by atoms with E-state index < -0.39 is 22.7 Å². The summed E-state index contributed by atoms with van der Waals surface area (Å²) in [6, 6.07) is 6.97. The van der Waals surface area contributed by atoms with Crippen LogP contribution in [-0.2, 0) is 15.0 Å². The molecule has 0 radical (unpaired) electrons. The summed E-state index contributed by atoms with van der Waals surface area (Å²) in [5, 5.41) is 4.19. The van der Waals surface area contributed by atoms with Gasteiger partial charge >= 0.3 is 0 Å². The zero-order valence-corrected chi connectivity index (χ0v) is 12.6. The Balaban J connectivity index is 2.47. The molecule has 0 aliphatic heterocycles. The Hall–Kier alpha value is -1.48. The monoisotopic (exact) mass is 318 g/mol. The minimum atomic E-state index is -3.63. The molecule has 7 nitrogen and oxygen atoms in total. The number of benzene rings is 1. The van der Waals surface area contributed by atoms with Crippen LogP contribution in [0.15, 0.2) is 29.4 Å². The van der Waals surface area contributed by atoms with Gasteiger partial charge in [0.05, 0.1) is 12.8 Å². The molecular weight excluding hydrogens is 304 g/mol. The maximum Gasteiger partial charge on any atom is 0.279 e. The Morgan fingerprint density at radius 1 is 1.40 bits per heavy atom. The number of hydrazone groups is 1. The lowest BCUT2D eigenvalue weighted by molar-refractivity contribution is -0.119. The molecule has 0 spiro atoms. The van der Waals surface area contributed by atoms with Gasteiger partial charge in [-0.1, -0.05) is 29.8 Å². The van der Waals surface area contributed by atoms with Gasteiger partial charge in [-0.3, -0.25) is 4.79 Å². The Labute approximate surface area is 122 Å². The highest BCUT2D eigenvalue weighted by Gasteiger charge is 2.13. The molecule has 0 fully saturated rings. The molecule has 9 heteroatoms. The van der Waals surface area contributed by atoms with E-state index in [0.717, 1.165) is 4.31 Å². The van der Waals surface area contributed by atoms with Crippen molar-refractivity contribution in [3.63, 3.8) is 0 Å². The van der Waals surface area contributed by atoms with Crippen LogP contribution >= 0.6 is 11.6 Å². The van der Waals surface area contributed by atoms with Gasteiger partial charge in [-0.15, -0.1) is 0 Å². The highest BCUT2D eigenvalue weighted by molar-refractivity contribution is 7.87.